The first-order valence-corrected chi connectivity index (χ1v) is 9.24. The molecule has 0 spiro atoms. The van der Waals surface area contributed by atoms with Gasteiger partial charge in [-0.1, -0.05) is 28.9 Å². The largest absolute Gasteiger partial charge is 0.312 e. The Morgan fingerprint density at radius 3 is 2.80 bits per heavy atom. The summed E-state index contributed by atoms with van der Waals surface area (Å²) in [6, 6.07) is 8.72. The molecule has 2 aromatic rings. The molecule has 0 fully saturated rings. The minimum atomic E-state index is -3.55. The average Bonchev–Trinajstić information content (AvgIpc) is 2.85. The van der Waals surface area contributed by atoms with Crippen LogP contribution >= 0.6 is 27.3 Å². The Labute approximate surface area is 131 Å². The van der Waals surface area contributed by atoms with Crippen molar-refractivity contribution in [1.29, 1.82) is 0 Å². The third kappa shape index (κ3) is 3.82. The molecule has 0 aliphatic heterocycles. The number of benzene rings is 1. The predicted molar refractivity (Wildman–Crippen MR) is 86.7 cm³/mol. The number of thiophene rings is 1. The molecule has 0 atom stereocenters. The maximum Gasteiger partial charge on any atom is 0.263 e. The second-order valence-electron chi connectivity index (χ2n) is 4.10. The van der Waals surface area contributed by atoms with E-state index in [1.165, 1.54) is 11.3 Å². The monoisotopic (exact) mass is 374 g/mol. The molecule has 0 aliphatic rings. The number of anilines is 1. The fourth-order valence-corrected chi connectivity index (χ4v) is 4.56. The number of hydrogen-bond donors (Lipinski definition) is 2. The molecule has 2 rings (SSSR count). The molecule has 4 nitrogen and oxygen atoms in total. The van der Waals surface area contributed by atoms with E-state index >= 15 is 0 Å². The predicted octanol–water partition coefficient (Wildman–Crippen LogP) is 3.42. The van der Waals surface area contributed by atoms with E-state index in [0.717, 1.165) is 15.9 Å². The molecule has 0 amide bonds. The molecular formula is C13H15BrN2O2S2. The molecule has 0 saturated heterocycles. The van der Waals surface area contributed by atoms with Crippen molar-refractivity contribution in [3.8, 4) is 0 Å². The highest BCUT2D eigenvalue weighted by Gasteiger charge is 2.19. The number of sulfonamides is 1. The van der Waals surface area contributed by atoms with Crippen LogP contribution in [0.15, 0.2) is 45.1 Å². The first kappa shape index (κ1) is 15.5. The van der Waals surface area contributed by atoms with Crippen LogP contribution in [0.3, 0.4) is 0 Å². The summed E-state index contributed by atoms with van der Waals surface area (Å²) in [5, 5.41) is 4.94. The van der Waals surface area contributed by atoms with Gasteiger partial charge in [0, 0.05) is 21.6 Å². The lowest BCUT2D eigenvalue weighted by molar-refractivity contribution is 0.599. The van der Waals surface area contributed by atoms with Crippen molar-refractivity contribution in [2.24, 2.45) is 0 Å². The summed E-state index contributed by atoms with van der Waals surface area (Å²) in [6.07, 6.45) is 0. The quantitative estimate of drug-likeness (QED) is 0.814. The van der Waals surface area contributed by atoms with E-state index < -0.39 is 10.0 Å². The van der Waals surface area contributed by atoms with Gasteiger partial charge < -0.3 is 5.32 Å². The van der Waals surface area contributed by atoms with E-state index in [4.69, 9.17) is 0 Å². The van der Waals surface area contributed by atoms with E-state index in [9.17, 15) is 8.42 Å². The third-order valence-electron chi connectivity index (χ3n) is 2.61. The molecule has 1 heterocycles. The summed E-state index contributed by atoms with van der Waals surface area (Å²) >= 11 is 4.76. The van der Waals surface area contributed by atoms with Crippen LogP contribution in [0, 0.1) is 0 Å². The highest BCUT2D eigenvalue weighted by molar-refractivity contribution is 9.10. The molecule has 7 heteroatoms. The Balaban J connectivity index is 2.24. The number of halogens is 1. The van der Waals surface area contributed by atoms with Gasteiger partial charge in [0.1, 0.15) is 4.90 Å². The second-order valence-corrected chi connectivity index (χ2v) is 7.67. The van der Waals surface area contributed by atoms with Crippen LogP contribution < -0.4 is 10.0 Å². The number of nitrogens with one attached hydrogen (secondary N) is 2. The van der Waals surface area contributed by atoms with Gasteiger partial charge in [-0.25, -0.2) is 8.42 Å². The lowest BCUT2D eigenvalue weighted by Crippen LogP contribution is -2.17. The molecular weight excluding hydrogens is 360 g/mol. The normalized spacial score (nSPS) is 11.5. The Hall–Kier alpha value is -0.890. The van der Waals surface area contributed by atoms with Gasteiger partial charge in [0.2, 0.25) is 0 Å². The van der Waals surface area contributed by atoms with Gasteiger partial charge in [-0.2, -0.15) is 0 Å². The van der Waals surface area contributed by atoms with Gasteiger partial charge in [0.25, 0.3) is 10.0 Å². The van der Waals surface area contributed by atoms with E-state index in [1.807, 2.05) is 13.0 Å². The summed E-state index contributed by atoms with van der Waals surface area (Å²) in [4.78, 5) is 1.15. The van der Waals surface area contributed by atoms with Crippen LogP contribution in [-0.2, 0) is 16.6 Å². The van der Waals surface area contributed by atoms with Crippen LogP contribution in [0.2, 0.25) is 0 Å². The van der Waals surface area contributed by atoms with Crippen molar-refractivity contribution in [3.63, 3.8) is 0 Å². The second kappa shape index (κ2) is 6.71. The van der Waals surface area contributed by atoms with Crippen LogP contribution in [0.5, 0.6) is 0 Å². The average molecular weight is 375 g/mol. The van der Waals surface area contributed by atoms with Crippen molar-refractivity contribution in [3.05, 3.63) is 45.1 Å². The molecule has 0 unspecified atom stereocenters. The van der Waals surface area contributed by atoms with Crippen molar-refractivity contribution < 1.29 is 8.42 Å². The summed E-state index contributed by atoms with van der Waals surface area (Å²) in [5.74, 6) is 0. The Morgan fingerprint density at radius 1 is 1.30 bits per heavy atom. The molecule has 108 valence electrons. The van der Waals surface area contributed by atoms with Crippen molar-refractivity contribution in [2.45, 2.75) is 18.4 Å². The number of rotatable bonds is 6. The maximum atomic E-state index is 12.4. The molecule has 0 bridgehead atoms. The SMILES string of the molecule is CCNCc1sccc1S(=O)(=O)Nc1cccc(Br)c1. The standard InChI is InChI=1S/C13H15BrN2O2S2/c1-2-15-9-12-13(6-7-19-12)20(17,18)16-11-5-3-4-10(14)8-11/h3-8,15-16H,2,9H2,1H3. The number of hydrogen-bond acceptors (Lipinski definition) is 4. The van der Waals surface area contributed by atoms with Crippen molar-refractivity contribution >= 4 is 43.0 Å². The summed E-state index contributed by atoms with van der Waals surface area (Å²) in [7, 11) is -3.55. The van der Waals surface area contributed by atoms with Crippen molar-refractivity contribution in [2.75, 3.05) is 11.3 Å². The Kier molecular flexibility index (Phi) is 5.20. The highest BCUT2D eigenvalue weighted by atomic mass is 79.9. The van der Waals surface area contributed by atoms with Gasteiger partial charge in [0.15, 0.2) is 0 Å². The first-order chi connectivity index (χ1) is 9.53. The smallest absolute Gasteiger partial charge is 0.263 e. The highest BCUT2D eigenvalue weighted by Crippen LogP contribution is 2.25. The van der Waals surface area contributed by atoms with E-state index in [1.54, 1.807) is 29.6 Å². The zero-order valence-electron chi connectivity index (χ0n) is 10.9. The molecule has 1 aromatic carbocycles. The van der Waals surface area contributed by atoms with E-state index in [0.29, 0.717) is 17.1 Å². The van der Waals surface area contributed by atoms with Crippen molar-refractivity contribution in [1.82, 2.24) is 5.32 Å². The molecule has 0 radical (unpaired) electrons. The van der Waals surface area contributed by atoms with Crippen LogP contribution in [0.25, 0.3) is 0 Å². The molecule has 20 heavy (non-hydrogen) atoms. The topological polar surface area (TPSA) is 58.2 Å². The molecule has 2 N–H and O–H groups in total. The molecule has 1 aromatic heterocycles. The summed E-state index contributed by atoms with van der Waals surface area (Å²) < 4.78 is 28.2. The molecule has 0 aliphatic carbocycles. The Morgan fingerprint density at radius 2 is 2.10 bits per heavy atom. The van der Waals surface area contributed by atoms with Gasteiger partial charge in [-0.05, 0) is 36.2 Å². The van der Waals surface area contributed by atoms with Crippen LogP contribution in [-0.4, -0.2) is 15.0 Å². The van der Waals surface area contributed by atoms with Gasteiger partial charge in [-0.3, -0.25) is 4.72 Å². The Bertz CT molecular complexity index is 683. The first-order valence-electron chi connectivity index (χ1n) is 6.08. The lowest BCUT2D eigenvalue weighted by atomic mass is 10.3. The minimum absolute atomic E-state index is 0.337. The van der Waals surface area contributed by atoms with Crippen LogP contribution in [0.4, 0.5) is 5.69 Å². The third-order valence-corrected chi connectivity index (χ3v) is 5.62. The maximum absolute atomic E-state index is 12.4. The fraction of sp³-hybridized carbons (Fsp3) is 0.231. The lowest BCUT2D eigenvalue weighted by Gasteiger charge is -2.09. The van der Waals surface area contributed by atoms with Gasteiger partial charge in [-0.15, -0.1) is 11.3 Å². The fourth-order valence-electron chi connectivity index (χ4n) is 1.70. The van der Waals surface area contributed by atoms with Gasteiger partial charge in [0.05, 0.1) is 0 Å². The van der Waals surface area contributed by atoms with E-state index in [-0.39, 0.29) is 0 Å². The summed E-state index contributed by atoms with van der Waals surface area (Å²) in [5.41, 5.74) is 0.542. The molecule has 0 saturated carbocycles. The van der Waals surface area contributed by atoms with E-state index in [2.05, 4.69) is 26.0 Å². The minimum Gasteiger partial charge on any atom is -0.312 e. The summed E-state index contributed by atoms with van der Waals surface area (Å²) in [6.45, 7) is 3.35. The zero-order valence-corrected chi connectivity index (χ0v) is 14.1. The van der Waals surface area contributed by atoms with Crippen LogP contribution in [0.1, 0.15) is 11.8 Å². The van der Waals surface area contributed by atoms with Gasteiger partial charge >= 0.3 is 0 Å². The zero-order chi connectivity index (χ0) is 14.6.